The number of para-hydroxylation sites is 2. The summed E-state index contributed by atoms with van der Waals surface area (Å²) >= 11 is 0. The molecule has 1 saturated heterocycles. The van der Waals surface area contributed by atoms with Crippen LogP contribution in [-0.4, -0.2) is 31.6 Å². The monoisotopic (exact) mass is 324 g/mol. The lowest BCUT2D eigenvalue weighted by molar-refractivity contribution is -0.123. The molecule has 126 valence electrons. The molecule has 1 unspecified atom stereocenters. The molecule has 2 aromatic carbocycles. The molecule has 1 N–H and O–H groups in total. The van der Waals surface area contributed by atoms with E-state index in [1.807, 2.05) is 37.3 Å². The highest BCUT2D eigenvalue weighted by Crippen LogP contribution is 2.24. The molecule has 0 saturated carbocycles. The summed E-state index contributed by atoms with van der Waals surface area (Å²) < 4.78 is 5.60. The van der Waals surface area contributed by atoms with E-state index in [0.717, 1.165) is 30.7 Å². The van der Waals surface area contributed by atoms with Crippen LogP contribution in [0.4, 0.5) is 5.69 Å². The van der Waals surface area contributed by atoms with Crippen LogP contribution in [0, 0.1) is 6.92 Å². The van der Waals surface area contributed by atoms with Crippen LogP contribution in [0.3, 0.4) is 0 Å². The number of rotatable bonds is 6. The van der Waals surface area contributed by atoms with Gasteiger partial charge in [0, 0.05) is 24.8 Å². The van der Waals surface area contributed by atoms with Crippen LogP contribution < -0.4 is 15.0 Å². The Kier molecular flexibility index (Phi) is 5.36. The van der Waals surface area contributed by atoms with E-state index in [4.69, 9.17) is 4.74 Å². The van der Waals surface area contributed by atoms with E-state index in [1.54, 1.807) is 0 Å². The number of nitrogens with one attached hydrogen (secondary N) is 1. The second-order valence-corrected chi connectivity index (χ2v) is 6.18. The van der Waals surface area contributed by atoms with Crippen LogP contribution in [0.5, 0.6) is 5.75 Å². The van der Waals surface area contributed by atoms with Crippen molar-refractivity contribution in [2.75, 3.05) is 24.6 Å². The van der Waals surface area contributed by atoms with Gasteiger partial charge in [0.1, 0.15) is 5.75 Å². The van der Waals surface area contributed by atoms with E-state index in [1.165, 1.54) is 5.69 Å². The van der Waals surface area contributed by atoms with E-state index >= 15 is 0 Å². The molecule has 0 aromatic heterocycles. The Hall–Kier alpha value is -2.49. The molecule has 1 aliphatic heterocycles. The number of nitrogens with zero attached hydrogens (tertiary/aromatic N) is 1. The number of hydrogen-bond acceptors (Lipinski definition) is 3. The lowest BCUT2D eigenvalue weighted by Gasteiger charge is -2.27. The fourth-order valence-corrected chi connectivity index (χ4v) is 3.15. The molecule has 0 bridgehead atoms. The summed E-state index contributed by atoms with van der Waals surface area (Å²) in [5, 5.41) is 3.01. The molecule has 0 radical (unpaired) electrons. The molecular formula is C20H24N2O2. The smallest absolute Gasteiger partial charge is 0.258 e. The minimum atomic E-state index is -0.0711. The van der Waals surface area contributed by atoms with Crippen molar-refractivity contribution in [2.24, 2.45) is 0 Å². The van der Waals surface area contributed by atoms with Crippen LogP contribution >= 0.6 is 0 Å². The number of aryl methyl sites for hydroxylation is 1. The van der Waals surface area contributed by atoms with Crippen molar-refractivity contribution < 1.29 is 9.53 Å². The van der Waals surface area contributed by atoms with Crippen molar-refractivity contribution in [1.82, 2.24) is 5.32 Å². The van der Waals surface area contributed by atoms with Gasteiger partial charge in [-0.25, -0.2) is 0 Å². The van der Waals surface area contributed by atoms with Crippen molar-refractivity contribution in [3.63, 3.8) is 0 Å². The summed E-state index contributed by atoms with van der Waals surface area (Å²) in [6.45, 7) is 3.74. The van der Waals surface area contributed by atoms with Crippen LogP contribution in [0.15, 0.2) is 54.6 Å². The second-order valence-electron chi connectivity index (χ2n) is 6.18. The zero-order valence-electron chi connectivity index (χ0n) is 14.1. The molecule has 4 nitrogen and oxygen atoms in total. The number of ether oxygens (including phenoxy) is 1. The van der Waals surface area contributed by atoms with Crippen LogP contribution in [-0.2, 0) is 4.79 Å². The lowest BCUT2D eigenvalue weighted by atomic mass is 10.2. The molecule has 1 atom stereocenters. The zero-order valence-corrected chi connectivity index (χ0v) is 14.1. The molecule has 1 amide bonds. The minimum Gasteiger partial charge on any atom is -0.484 e. The zero-order chi connectivity index (χ0) is 16.8. The number of anilines is 1. The fourth-order valence-electron chi connectivity index (χ4n) is 3.15. The van der Waals surface area contributed by atoms with Gasteiger partial charge in [0.15, 0.2) is 6.61 Å². The van der Waals surface area contributed by atoms with Crippen molar-refractivity contribution >= 4 is 11.6 Å². The maximum atomic E-state index is 12.1. The van der Waals surface area contributed by atoms with Crippen molar-refractivity contribution in [3.8, 4) is 5.75 Å². The molecule has 3 rings (SSSR count). The highest BCUT2D eigenvalue weighted by atomic mass is 16.5. The van der Waals surface area contributed by atoms with Gasteiger partial charge >= 0.3 is 0 Å². The number of hydrogen-bond donors (Lipinski definition) is 1. The highest BCUT2D eigenvalue weighted by Gasteiger charge is 2.24. The van der Waals surface area contributed by atoms with Crippen LogP contribution in [0.1, 0.15) is 18.4 Å². The Labute approximate surface area is 143 Å². The quantitative estimate of drug-likeness (QED) is 0.887. The Morgan fingerprint density at radius 2 is 1.92 bits per heavy atom. The minimum absolute atomic E-state index is 0.0584. The van der Waals surface area contributed by atoms with Gasteiger partial charge in [0.25, 0.3) is 5.91 Å². The molecular weight excluding hydrogens is 300 g/mol. The Morgan fingerprint density at radius 3 is 2.71 bits per heavy atom. The van der Waals surface area contributed by atoms with Gasteiger partial charge in [-0.3, -0.25) is 4.79 Å². The maximum Gasteiger partial charge on any atom is 0.258 e. The van der Waals surface area contributed by atoms with E-state index in [9.17, 15) is 4.79 Å². The molecule has 0 spiro atoms. The SMILES string of the molecule is Cc1ccccc1OCC(=O)NCC1CCCN1c1ccccc1. The summed E-state index contributed by atoms with van der Waals surface area (Å²) in [6, 6.07) is 18.5. The van der Waals surface area contributed by atoms with E-state index in [-0.39, 0.29) is 12.5 Å². The first kappa shape index (κ1) is 16.4. The topological polar surface area (TPSA) is 41.6 Å². The number of benzene rings is 2. The summed E-state index contributed by atoms with van der Waals surface area (Å²) in [6.07, 6.45) is 2.27. The highest BCUT2D eigenvalue weighted by molar-refractivity contribution is 5.77. The van der Waals surface area contributed by atoms with Gasteiger partial charge in [0.2, 0.25) is 0 Å². The Bertz CT molecular complexity index is 672. The van der Waals surface area contributed by atoms with Crippen LogP contribution in [0.25, 0.3) is 0 Å². The predicted molar refractivity (Wildman–Crippen MR) is 96.5 cm³/mol. The first-order valence-electron chi connectivity index (χ1n) is 8.51. The van der Waals surface area contributed by atoms with Gasteiger partial charge in [-0.05, 0) is 43.5 Å². The molecule has 4 heteroatoms. The summed E-state index contributed by atoms with van der Waals surface area (Å²) in [5.41, 5.74) is 2.27. The maximum absolute atomic E-state index is 12.1. The third kappa shape index (κ3) is 4.07. The second kappa shape index (κ2) is 7.86. The number of amides is 1. The molecule has 1 fully saturated rings. The predicted octanol–water partition coefficient (Wildman–Crippen LogP) is 3.16. The summed E-state index contributed by atoms with van der Waals surface area (Å²) in [5.74, 6) is 0.692. The number of carbonyl (C=O) groups is 1. The third-order valence-electron chi connectivity index (χ3n) is 4.45. The number of carbonyl (C=O) groups excluding carboxylic acids is 1. The van der Waals surface area contributed by atoms with Gasteiger partial charge < -0.3 is 15.0 Å². The first-order chi connectivity index (χ1) is 11.7. The normalized spacial score (nSPS) is 16.9. The van der Waals surface area contributed by atoms with Gasteiger partial charge in [-0.1, -0.05) is 36.4 Å². The van der Waals surface area contributed by atoms with E-state index < -0.39 is 0 Å². The average molecular weight is 324 g/mol. The molecule has 1 heterocycles. The van der Waals surface area contributed by atoms with Crippen molar-refractivity contribution in [1.29, 1.82) is 0 Å². The molecule has 2 aromatic rings. The average Bonchev–Trinajstić information content (AvgIpc) is 3.08. The fraction of sp³-hybridized carbons (Fsp3) is 0.350. The lowest BCUT2D eigenvalue weighted by Crippen LogP contribution is -2.41. The van der Waals surface area contributed by atoms with Gasteiger partial charge in [-0.2, -0.15) is 0 Å². The third-order valence-corrected chi connectivity index (χ3v) is 4.45. The van der Waals surface area contributed by atoms with Crippen molar-refractivity contribution in [2.45, 2.75) is 25.8 Å². The Morgan fingerprint density at radius 1 is 1.17 bits per heavy atom. The van der Waals surface area contributed by atoms with E-state index in [2.05, 4.69) is 34.5 Å². The van der Waals surface area contributed by atoms with Crippen LogP contribution in [0.2, 0.25) is 0 Å². The van der Waals surface area contributed by atoms with Gasteiger partial charge in [0.05, 0.1) is 0 Å². The van der Waals surface area contributed by atoms with Gasteiger partial charge in [-0.15, -0.1) is 0 Å². The molecule has 24 heavy (non-hydrogen) atoms. The molecule has 1 aliphatic rings. The molecule has 0 aliphatic carbocycles. The summed E-state index contributed by atoms with van der Waals surface area (Å²) in [4.78, 5) is 14.5. The van der Waals surface area contributed by atoms with Crippen molar-refractivity contribution in [3.05, 3.63) is 60.2 Å². The largest absolute Gasteiger partial charge is 0.484 e. The van der Waals surface area contributed by atoms with E-state index in [0.29, 0.717) is 12.6 Å². The first-order valence-corrected chi connectivity index (χ1v) is 8.51. The standard InChI is InChI=1S/C20H24N2O2/c1-16-8-5-6-12-19(16)24-15-20(23)21-14-18-11-7-13-22(18)17-9-3-2-4-10-17/h2-6,8-10,12,18H,7,11,13-15H2,1H3,(H,21,23). The summed E-state index contributed by atoms with van der Waals surface area (Å²) in [7, 11) is 0. The Balaban J connectivity index is 1.48.